The summed E-state index contributed by atoms with van der Waals surface area (Å²) in [6.07, 6.45) is 1.96. The molecule has 2 aromatic rings. The molecule has 0 bridgehead atoms. The van der Waals surface area contributed by atoms with Crippen LogP contribution in [-0.4, -0.2) is 62.6 Å². The number of piperidine rings is 1. The number of likely N-dealkylation sites (tertiary alicyclic amines) is 1. The Hall–Kier alpha value is -3.19. The minimum Gasteiger partial charge on any atom is -0.465 e. The molecular formula is C25H32N3O4+. The van der Waals surface area contributed by atoms with Crippen LogP contribution in [0.25, 0.3) is 0 Å². The number of esters is 1. The number of quaternary nitrogens is 1. The minimum absolute atomic E-state index is 0.0855. The Labute approximate surface area is 189 Å². The molecule has 0 spiro atoms. The predicted molar refractivity (Wildman–Crippen MR) is 123 cm³/mol. The number of hydrogen-bond acceptors (Lipinski definition) is 4. The maximum absolute atomic E-state index is 13.2. The average molecular weight is 439 g/mol. The van der Waals surface area contributed by atoms with E-state index in [1.807, 2.05) is 31.2 Å². The van der Waals surface area contributed by atoms with Crippen LogP contribution in [0, 0.1) is 6.92 Å². The fourth-order valence-corrected chi connectivity index (χ4v) is 4.64. The quantitative estimate of drug-likeness (QED) is 0.514. The molecule has 0 saturated carbocycles. The zero-order valence-corrected chi connectivity index (χ0v) is 19.0. The van der Waals surface area contributed by atoms with E-state index < -0.39 is 5.97 Å². The highest BCUT2D eigenvalue weighted by atomic mass is 16.5. The second-order valence-electron chi connectivity index (χ2n) is 8.52. The van der Waals surface area contributed by atoms with E-state index in [2.05, 4.69) is 22.8 Å². The summed E-state index contributed by atoms with van der Waals surface area (Å²) in [5.74, 6) is -0.522. The normalized spacial score (nSPS) is 20.3. The highest BCUT2D eigenvalue weighted by Crippen LogP contribution is 2.31. The molecule has 1 heterocycles. The van der Waals surface area contributed by atoms with E-state index in [4.69, 9.17) is 4.74 Å². The van der Waals surface area contributed by atoms with Crippen LogP contribution < -0.4 is 10.6 Å². The summed E-state index contributed by atoms with van der Waals surface area (Å²) >= 11 is 0. The van der Waals surface area contributed by atoms with Crippen LogP contribution in [0.3, 0.4) is 0 Å². The van der Waals surface area contributed by atoms with Crippen molar-refractivity contribution < 1.29 is 23.6 Å². The molecule has 2 aromatic carbocycles. The number of nitrogens with zero attached hydrogens (tertiary/aromatic N) is 1. The smallest absolute Gasteiger partial charge is 0.339 e. The average Bonchev–Trinajstić information content (AvgIpc) is 2.80. The van der Waals surface area contributed by atoms with Gasteiger partial charge in [-0.1, -0.05) is 42.5 Å². The number of amides is 2. The van der Waals surface area contributed by atoms with Crippen molar-refractivity contribution in [3.8, 4) is 0 Å². The number of nitrogens with one attached hydrogen (secondary N) is 2. The molecule has 0 aliphatic carbocycles. The van der Waals surface area contributed by atoms with Crippen molar-refractivity contribution in [3.05, 3.63) is 65.2 Å². The molecule has 1 aliphatic heterocycles. The van der Waals surface area contributed by atoms with Gasteiger partial charge in [0.05, 0.1) is 31.5 Å². The first kappa shape index (κ1) is 23.5. The summed E-state index contributed by atoms with van der Waals surface area (Å²) in [5.41, 5.74) is 2.79. The van der Waals surface area contributed by atoms with Crippen LogP contribution in [0.15, 0.2) is 48.5 Å². The number of para-hydroxylation sites is 1. The van der Waals surface area contributed by atoms with Crippen molar-refractivity contribution in [2.75, 3.05) is 45.7 Å². The van der Waals surface area contributed by atoms with E-state index in [1.165, 1.54) is 12.7 Å². The Balaban J connectivity index is 1.84. The van der Waals surface area contributed by atoms with Crippen LogP contribution in [0.2, 0.25) is 0 Å². The summed E-state index contributed by atoms with van der Waals surface area (Å²) in [5, 5.41) is 5.63. The molecule has 32 heavy (non-hydrogen) atoms. The number of methoxy groups -OCH3 is 1. The topological polar surface area (TPSA) is 84.5 Å². The van der Waals surface area contributed by atoms with Crippen LogP contribution in [0.1, 0.15) is 40.2 Å². The Kier molecular flexibility index (Phi) is 7.64. The van der Waals surface area contributed by atoms with Crippen molar-refractivity contribution in [1.29, 1.82) is 0 Å². The molecule has 3 rings (SSSR count). The number of anilines is 1. The van der Waals surface area contributed by atoms with Gasteiger partial charge in [-0.25, -0.2) is 4.79 Å². The van der Waals surface area contributed by atoms with Crippen LogP contribution in [0.5, 0.6) is 0 Å². The third-order valence-electron chi connectivity index (χ3n) is 6.24. The third-order valence-corrected chi connectivity index (χ3v) is 6.24. The zero-order valence-electron chi connectivity index (χ0n) is 19.0. The second-order valence-corrected chi connectivity index (χ2v) is 8.52. The van der Waals surface area contributed by atoms with Gasteiger partial charge in [0.2, 0.25) is 0 Å². The Morgan fingerprint density at radius 2 is 1.75 bits per heavy atom. The number of benzene rings is 2. The largest absolute Gasteiger partial charge is 0.465 e. The first-order chi connectivity index (χ1) is 15.4. The van der Waals surface area contributed by atoms with Gasteiger partial charge in [0.25, 0.3) is 11.8 Å². The maximum atomic E-state index is 13.2. The van der Waals surface area contributed by atoms with E-state index in [1.54, 1.807) is 19.2 Å². The summed E-state index contributed by atoms with van der Waals surface area (Å²) in [4.78, 5) is 37.8. The SMILES string of the molecule is CNC(=O)C[N+]1(CC(=O)Nc2c(C)cccc2C(=O)OC)CCCC(c2ccccc2)C1. The number of hydrogen-bond donors (Lipinski definition) is 2. The predicted octanol–water partition coefficient (Wildman–Crippen LogP) is 2.86. The van der Waals surface area contributed by atoms with Crippen LogP contribution in [-0.2, 0) is 14.3 Å². The number of aryl methyl sites for hydroxylation is 1. The third kappa shape index (κ3) is 5.53. The second kappa shape index (κ2) is 10.4. The number of carbonyl (C=O) groups excluding carboxylic acids is 3. The van der Waals surface area contributed by atoms with Crippen molar-refractivity contribution in [2.45, 2.75) is 25.7 Å². The van der Waals surface area contributed by atoms with Gasteiger partial charge < -0.3 is 19.9 Å². The Morgan fingerprint density at radius 3 is 2.44 bits per heavy atom. The van der Waals surface area contributed by atoms with Gasteiger partial charge in [-0.15, -0.1) is 0 Å². The number of carbonyl (C=O) groups is 3. The van der Waals surface area contributed by atoms with Crippen molar-refractivity contribution in [2.24, 2.45) is 0 Å². The lowest BCUT2D eigenvalue weighted by Crippen LogP contribution is -2.60. The molecule has 2 N–H and O–H groups in total. The number of likely N-dealkylation sites (N-methyl/N-ethyl adjacent to an activating group) is 1. The molecular weight excluding hydrogens is 406 g/mol. The molecule has 170 valence electrons. The minimum atomic E-state index is -0.500. The fourth-order valence-electron chi connectivity index (χ4n) is 4.64. The lowest BCUT2D eigenvalue weighted by atomic mass is 9.89. The first-order valence-electron chi connectivity index (χ1n) is 11.0. The van der Waals surface area contributed by atoms with E-state index in [0.717, 1.165) is 24.9 Å². The van der Waals surface area contributed by atoms with Crippen molar-refractivity contribution >= 4 is 23.5 Å². The highest BCUT2D eigenvalue weighted by Gasteiger charge is 2.39. The van der Waals surface area contributed by atoms with Crippen molar-refractivity contribution in [1.82, 2.24) is 5.32 Å². The maximum Gasteiger partial charge on any atom is 0.339 e. The standard InChI is InChI=1S/C25H31N3O4/c1-18-9-7-13-21(25(31)32-3)24(18)27-23(30)17-28(16-22(29)26-2)14-8-12-20(15-28)19-10-5-4-6-11-19/h4-7,9-11,13,20H,8,12,14-17H2,1-3H3,(H-,26,27,29,30,31)/p+1. The van der Waals surface area contributed by atoms with Gasteiger partial charge in [-0.2, -0.15) is 0 Å². The zero-order chi connectivity index (χ0) is 23.1. The summed E-state index contributed by atoms with van der Waals surface area (Å²) in [6, 6.07) is 15.5. The summed E-state index contributed by atoms with van der Waals surface area (Å²) in [6.45, 7) is 3.70. The van der Waals surface area contributed by atoms with Gasteiger partial charge in [0, 0.05) is 13.0 Å². The Morgan fingerprint density at radius 1 is 1.03 bits per heavy atom. The van der Waals surface area contributed by atoms with Crippen LogP contribution >= 0.6 is 0 Å². The van der Waals surface area contributed by atoms with Gasteiger partial charge >= 0.3 is 5.97 Å². The van der Waals surface area contributed by atoms with E-state index in [-0.39, 0.29) is 30.8 Å². The molecule has 2 amide bonds. The van der Waals surface area contributed by atoms with Crippen molar-refractivity contribution in [3.63, 3.8) is 0 Å². The molecule has 0 aromatic heterocycles. The molecule has 1 aliphatic rings. The summed E-state index contributed by atoms with van der Waals surface area (Å²) in [7, 11) is 2.94. The monoisotopic (exact) mass is 438 g/mol. The molecule has 7 nitrogen and oxygen atoms in total. The lowest BCUT2D eigenvalue weighted by molar-refractivity contribution is -0.919. The highest BCUT2D eigenvalue weighted by molar-refractivity contribution is 6.02. The molecule has 2 unspecified atom stereocenters. The van der Waals surface area contributed by atoms with Gasteiger partial charge in [-0.3, -0.25) is 9.59 Å². The Bertz CT molecular complexity index is 976. The summed E-state index contributed by atoms with van der Waals surface area (Å²) < 4.78 is 5.25. The number of ether oxygens (including phenoxy) is 1. The van der Waals surface area contributed by atoms with E-state index in [0.29, 0.717) is 22.3 Å². The van der Waals surface area contributed by atoms with Crippen LogP contribution in [0.4, 0.5) is 5.69 Å². The molecule has 1 saturated heterocycles. The van der Waals surface area contributed by atoms with Gasteiger partial charge in [-0.05, 0) is 37.0 Å². The van der Waals surface area contributed by atoms with E-state index in [9.17, 15) is 14.4 Å². The number of rotatable bonds is 7. The molecule has 7 heteroatoms. The molecule has 0 radical (unpaired) electrons. The van der Waals surface area contributed by atoms with E-state index >= 15 is 0 Å². The van der Waals surface area contributed by atoms with Gasteiger partial charge in [0.15, 0.2) is 13.1 Å². The lowest BCUT2D eigenvalue weighted by Gasteiger charge is -2.43. The molecule has 1 fully saturated rings. The first-order valence-corrected chi connectivity index (χ1v) is 11.0. The fraction of sp³-hybridized carbons (Fsp3) is 0.400. The molecule has 2 atom stereocenters. The van der Waals surface area contributed by atoms with Gasteiger partial charge in [0.1, 0.15) is 0 Å².